The smallest absolute Gasteiger partial charge is 0.0409 e. The van der Waals surface area contributed by atoms with Crippen LogP contribution in [0.15, 0.2) is 24.3 Å². The summed E-state index contributed by atoms with van der Waals surface area (Å²) >= 11 is 0. The molecule has 0 aliphatic heterocycles. The van der Waals surface area contributed by atoms with E-state index in [4.69, 9.17) is 0 Å². The molecule has 1 aromatic carbocycles. The molecular weight excluding hydrogens is 232 g/mol. The van der Waals surface area contributed by atoms with E-state index in [1.54, 1.807) is 0 Å². The second-order valence-corrected chi connectivity index (χ2v) is 7.65. The van der Waals surface area contributed by atoms with Crippen LogP contribution in [0.4, 0.5) is 5.69 Å². The van der Waals surface area contributed by atoms with Crippen LogP contribution in [0.25, 0.3) is 0 Å². The molecular formula is C17H30N2. The van der Waals surface area contributed by atoms with Crippen molar-refractivity contribution in [1.82, 2.24) is 5.32 Å². The van der Waals surface area contributed by atoms with Gasteiger partial charge in [-0.1, -0.05) is 39.0 Å². The first-order valence-corrected chi connectivity index (χ1v) is 7.13. The third-order valence-electron chi connectivity index (χ3n) is 2.92. The zero-order valence-electron chi connectivity index (χ0n) is 13.7. The molecule has 0 heterocycles. The van der Waals surface area contributed by atoms with Gasteiger partial charge in [0, 0.05) is 31.4 Å². The summed E-state index contributed by atoms with van der Waals surface area (Å²) in [6.07, 6.45) is 0. The predicted octanol–water partition coefficient (Wildman–Crippen LogP) is 4.06. The first kappa shape index (κ1) is 16.0. The van der Waals surface area contributed by atoms with Gasteiger partial charge in [-0.25, -0.2) is 0 Å². The highest BCUT2D eigenvalue weighted by Crippen LogP contribution is 2.24. The molecule has 1 N–H and O–H groups in total. The van der Waals surface area contributed by atoms with Crippen LogP contribution in [0, 0.1) is 5.41 Å². The van der Waals surface area contributed by atoms with Crippen LogP contribution in [0.5, 0.6) is 0 Å². The van der Waals surface area contributed by atoms with Crippen molar-refractivity contribution >= 4 is 5.69 Å². The molecule has 0 fully saturated rings. The highest BCUT2D eigenvalue weighted by molar-refractivity contribution is 5.53. The molecule has 0 aromatic heterocycles. The molecule has 0 saturated heterocycles. The Balaban J connectivity index is 2.83. The fourth-order valence-corrected chi connectivity index (χ4v) is 2.19. The van der Waals surface area contributed by atoms with E-state index in [1.807, 2.05) is 0 Å². The maximum atomic E-state index is 3.57. The molecule has 0 bridgehead atoms. The summed E-state index contributed by atoms with van der Waals surface area (Å²) in [5, 5.41) is 3.57. The Morgan fingerprint density at radius 2 is 1.58 bits per heavy atom. The Morgan fingerprint density at radius 3 is 2.11 bits per heavy atom. The van der Waals surface area contributed by atoms with Crippen LogP contribution in [-0.2, 0) is 6.54 Å². The Kier molecular flexibility index (Phi) is 5.03. The van der Waals surface area contributed by atoms with Gasteiger partial charge in [-0.2, -0.15) is 0 Å². The van der Waals surface area contributed by atoms with Crippen molar-refractivity contribution in [2.45, 2.75) is 53.6 Å². The number of para-hydroxylation sites is 1. The summed E-state index contributed by atoms with van der Waals surface area (Å²) in [6.45, 7) is 15.4. The van der Waals surface area contributed by atoms with Crippen LogP contribution in [0.1, 0.15) is 47.1 Å². The van der Waals surface area contributed by atoms with E-state index < -0.39 is 0 Å². The average molecular weight is 262 g/mol. The average Bonchev–Trinajstić information content (AvgIpc) is 2.23. The normalized spacial score (nSPS) is 12.6. The minimum absolute atomic E-state index is 0.149. The summed E-state index contributed by atoms with van der Waals surface area (Å²) in [6, 6.07) is 8.67. The summed E-state index contributed by atoms with van der Waals surface area (Å²) in [4.78, 5) is 2.36. The summed E-state index contributed by atoms with van der Waals surface area (Å²) in [5.41, 5.74) is 3.15. The third-order valence-corrected chi connectivity index (χ3v) is 2.92. The first-order chi connectivity index (χ1) is 8.58. The van der Waals surface area contributed by atoms with Gasteiger partial charge in [-0.15, -0.1) is 0 Å². The van der Waals surface area contributed by atoms with Gasteiger partial charge in [0.15, 0.2) is 0 Å². The van der Waals surface area contributed by atoms with Crippen LogP contribution in [-0.4, -0.2) is 19.1 Å². The number of hydrogen-bond acceptors (Lipinski definition) is 2. The molecule has 0 saturated carbocycles. The minimum Gasteiger partial charge on any atom is -0.374 e. The molecule has 0 unspecified atom stereocenters. The lowest BCUT2D eigenvalue weighted by Crippen LogP contribution is -2.36. The van der Waals surface area contributed by atoms with Gasteiger partial charge in [0.25, 0.3) is 0 Å². The SMILES string of the molecule is CN(CC(C)(C)C)c1ccccc1CNC(C)(C)C. The van der Waals surface area contributed by atoms with Gasteiger partial charge >= 0.3 is 0 Å². The zero-order chi connectivity index (χ0) is 14.7. The minimum atomic E-state index is 0.149. The Hall–Kier alpha value is -1.02. The molecule has 0 spiro atoms. The Morgan fingerprint density at radius 1 is 1.00 bits per heavy atom. The number of benzene rings is 1. The van der Waals surface area contributed by atoms with Gasteiger partial charge in [0.1, 0.15) is 0 Å². The zero-order valence-corrected chi connectivity index (χ0v) is 13.7. The standard InChI is InChI=1S/C17H30N2/c1-16(2,3)13-19(7)15-11-9-8-10-14(15)12-18-17(4,5)6/h8-11,18H,12-13H2,1-7H3. The van der Waals surface area contributed by atoms with E-state index in [9.17, 15) is 0 Å². The lowest BCUT2D eigenvalue weighted by atomic mass is 9.95. The van der Waals surface area contributed by atoms with E-state index >= 15 is 0 Å². The largest absolute Gasteiger partial charge is 0.374 e. The van der Waals surface area contributed by atoms with E-state index in [1.165, 1.54) is 11.3 Å². The fraction of sp³-hybridized carbons (Fsp3) is 0.647. The number of nitrogens with zero attached hydrogens (tertiary/aromatic N) is 1. The molecule has 2 heteroatoms. The highest BCUT2D eigenvalue weighted by atomic mass is 15.1. The Labute approximate surface area is 119 Å². The molecule has 0 atom stereocenters. The van der Waals surface area contributed by atoms with Gasteiger partial charge < -0.3 is 10.2 Å². The van der Waals surface area contributed by atoms with Crippen molar-refractivity contribution in [3.05, 3.63) is 29.8 Å². The summed E-state index contributed by atoms with van der Waals surface area (Å²) in [7, 11) is 2.18. The van der Waals surface area contributed by atoms with Crippen LogP contribution in [0.2, 0.25) is 0 Å². The molecule has 1 aromatic rings. The van der Waals surface area contributed by atoms with Gasteiger partial charge in [-0.3, -0.25) is 0 Å². The maximum Gasteiger partial charge on any atom is 0.0409 e. The molecule has 0 aliphatic carbocycles. The van der Waals surface area contributed by atoms with Gasteiger partial charge in [0.05, 0.1) is 0 Å². The molecule has 0 amide bonds. The van der Waals surface area contributed by atoms with Crippen LogP contribution < -0.4 is 10.2 Å². The number of anilines is 1. The van der Waals surface area contributed by atoms with Gasteiger partial charge in [0.2, 0.25) is 0 Å². The molecule has 19 heavy (non-hydrogen) atoms. The molecule has 108 valence electrons. The monoisotopic (exact) mass is 262 g/mol. The summed E-state index contributed by atoms with van der Waals surface area (Å²) in [5.74, 6) is 0. The van der Waals surface area contributed by atoms with Crippen molar-refractivity contribution in [1.29, 1.82) is 0 Å². The van der Waals surface area contributed by atoms with E-state index in [0.717, 1.165) is 13.1 Å². The molecule has 1 rings (SSSR count). The summed E-state index contributed by atoms with van der Waals surface area (Å²) < 4.78 is 0. The van der Waals surface area contributed by atoms with Crippen molar-refractivity contribution in [2.75, 3.05) is 18.5 Å². The molecule has 2 nitrogen and oxygen atoms in total. The number of nitrogens with one attached hydrogen (secondary N) is 1. The van der Waals surface area contributed by atoms with Crippen molar-refractivity contribution < 1.29 is 0 Å². The van der Waals surface area contributed by atoms with Crippen LogP contribution >= 0.6 is 0 Å². The molecule has 0 radical (unpaired) electrons. The van der Waals surface area contributed by atoms with Crippen molar-refractivity contribution in [3.8, 4) is 0 Å². The van der Waals surface area contributed by atoms with E-state index in [-0.39, 0.29) is 5.54 Å². The Bertz CT molecular complexity index is 396. The quantitative estimate of drug-likeness (QED) is 0.880. The fourth-order valence-electron chi connectivity index (χ4n) is 2.19. The number of hydrogen-bond donors (Lipinski definition) is 1. The van der Waals surface area contributed by atoms with Crippen molar-refractivity contribution in [2.24, 2.45) is 5.41 Å². The first-order valence-electron chi connectivity index (χ1n) is 7.13. The highest BCUT2D eigenvalue weighted by Gasteiger charge is 2.16. The van der Waals surface area contributed by atoms with Crippen LogP contribution in [0.3, 0.4) is 0 Å². The lowest BCUT2D eigenvalue weighted by molar-refractivity contribution is 0.414. The number of rotatable bonds is 4. The van der Waals surface area contributed by atoms with Gasteiger partial charge in [-0.05, 0) is 37.8 Å². The van der Waals surface area contributed by atoms with E-state index in [2.05, 4.69) is 83.1 Å². The second-order valence-electron chi connectivity index (χ2n) is 7.65. The predicted molar refractivity (Wildman–Crippen MR) is 85.8 cm³/mol. The van der Waals surface area contributed by atoms with E-state index in [0.29, 0.717) is 5.41 Å². The lowest BCUT2D eigenvalue weighted by Gasteiger charge is -2.30. The molecule has 0 aliphatic rings. The van der Waals surface area contributed by atoms with Crippen molar-refractivity contribution in [3.63, 3.8) is 0 Å². The third kappa shape index (κ3) is 6.11. The maximum absolute atomic E-state index is 3.57. The topological polar surface area (TPSA) is 15.3 Å². The second kappa shape index (κ2) is 5.96.